The van der Waals surface area contributed by atoms with Gasteiger partial charge in [-0.2, -0.15) is 0 Å². The first-order chi connectivity index (χ1) is 16.1. The lowest BCUT2D eigenvalue weighted by Crippen LogP contribution is -2.28. The van der Waals surface area contributed by atoms with Gasteiger partial charge in [-0.15, -0.1) is 0 Å². The molecule has 0 radical (unpaired) electrons. The highest BCUT2D eigenvalue weighted by Gasteiger charge is 2.20. The molecule has 0 heterocycles. The van der Waals surface area contributed by atoms with E-state index in [1.807, 2.05) is 37.3 Å². The maximum absolute atomic E-state index is 12.0. The number of hydrogen-bond donors (Lipinski definition) is 0. The molecule has 0 amide bonds. The van der Waals surface area contributed by atoms with E-state index >= 15 is 0 Å². The van der Waals surface area contributed by atoms with Crippen LogP contribution in [0.4, 0.5) is 0 Å². The highest BCUT2D eigenvalue weighted by Crippen LogP contribution is 2.22. The van der Waals surface area contributed by atoms with E-state index in [-0.39, 0.29) is 5.97 Å². The average molecular weight is 445 g/mol. The third kappa shape index (κ3) is 7.33. The van der Waals surface area contributed by atoms with Crippen molar-refractivity contribution in [1.82, 2.24) is 0 Å². The molecule has 0 saturated carbocycles. The van der Waals surface area contributed by atoms with Gasteiger partial charge < -0.3 is 14.2 Å². The smallest absolute Gasteiger partial charge is 0.335 e. The Morgan fingerprint density at radius 3 is 2.15 bits per heavy atom. The summed E-state index contributed by atoms with van der Waals surface area (Å²) in [6.07, 6.45) is 1.97. The van der Waals surface area contributed by atoms with Crippen molar-refractivity contribution >= 4 is 11.5 Å². The molecule has 4 nitrogen and oxygen atoms in total. The first-order valence-corrected chi connectivity index (χ1v) is 11.4. The predicted octanol–water partition coefficient (Wildman–Crippen LogP) is 6.35. The zero-order chi connectivity index (χ0) is 23.5. The molecule has 0 aliphatic carbocycles. The van der Waals surface area contributed by atoms with E-state index in [4.69, 9.17) is 14.2 Å². The summed E-state index contributed by atoms with van der Waals surface area (Å²) in [4.78, 5) is 12.0. The number of ether oxygens (including phenoxy) is 3. The van der Waals surface area contributed by atoms with Gasteiger partial charge in [-0.25, -0.2) is 4.79 Å². The molecule has 0 fully saturated rings. The van der Waals surface area contributed by atoms with Crippen molar-refractivity contribution in [3.63, 3.8) is 0 Å². The Balaban J connectivity index is 1.54. The van der Waals surface area contributed by atoms with Crippen molar-refractivity contribution < 1.29 is 19.0 Å². The van der Waals surface area contributed by atoms with Crippen LogP contribution in [0.25, 0.3) is 16.7 Å². The second-order valence-corrected chi connectivity index (χ2v) is 7.69. The van der Waals surface area contributed by atoms with Crippen LogP contribution in [-0.2, 0) is 20.7 Å². The van der Waals surface area contributed by atoms with Gasteiger partial charge in [0.15, 0.2) is 6.10 Å². The normalized spacial score (nSPS) is 12.3. The molecule has 1 atom stereocenters. The fourth-order valence-electron chi connectivity index (χ4n) is 3.52. The maximum atomic E-state index is 12.0. The Morgan fingerprint density at radius 2 is 1.52 bits per heavy atom. The summed E-state index contributed by atoms with van der Waals surface area (Å²) in [5.41, 5.74) is 5.76. The van der Waals surface area contributed by atoms with Crippen LogP contribution < -0.4 is 4.74 Å². The summed E-state index contributed by atoms with van der Waals surface area (Å²) in [5, 5.41) is 0. The van der Waals surface area contributed by atoms with Crippen molar-refractivity contribution in [2.45, 2.75) is 33.3 Å². The molecule has 33 heavy (non-hydrogen) atoms. The summed E-state index contributed by atoms with van der Waals surface area (Å²) in [7, 11) is 0. The van der Waals surface area contributed by atoms with Crippen molar-refractivity contribution in [1.29, 1.82) is 0 Å². The minimum atomic E-state index is -0.583. The molecule has 0 bridgehead atoms. The van der Waals surface area contributed by atoms with Crippen molar-refractivity contribution in [3.05, 3.63) is 96.1 Å². The third-order valence-electron chi connectivity index (χ3n) is 5.35. The summed E-state index contributed by atoms with van der Waals surface area (Å²) in [5.74, 6) is 0.461. The van der Waals surface area contributed by atoms with E-state index in [0.29, 0.717) is 26.2 Å². The van der Waals surface area contributed by atoms with Gasteiger partial charge in [0.05, 0.1) is 6.61 Å². The van der Waals surface area contributed by atoms with Crippen molar-refractivity contribution in [2.75, 3.05) is 19.8 Å². The van der Waals surface area contributed by atoms with E-state index < -0.39 is 6.10 Å². The fraction of sp³-hybridized carbons (Fsp3) is 0.276. The molecule has 172 valence electrons. The van der Waals surface area contributed by atoms with E-state index in [1.54, 1.807) is 6.92 Å². The van der Waals surface area contributed by atoms with Gasteiger partial charge in [-0.05, 0) is 66.8 Å². The van der Waals surface area contributed by atoms with Crippen molar-refractivity contribution in [2.24, 2.45) is 0 Å². The molecule has 0 aliphatic heterocycles. The molecule has 0 aliphatic rings. The van der Waals surface area contributed by atoms with E-state index in [9.17, 15) is 4.79 Å². The van der Waals surface area contributed by atoms with Gasteiger partial charge in [0.2, 0.25) is 0 Å². The first kappa shape index (κ1) is 24.3. The highest BCUT2D eigenvalue weighted by atomic mass is 16.6. The van der Waals surface area contributed by atoms with Gasteiger partial charge in [-0.1, -0.05) is 66.7 Å². The number of allylic oxidation sites excluding steroid dienone is 1. The SMILES string of the molecule is CCOC(=O)C(Cc1ccc(OC/C=C(\C)c2ccc(-c3ccccc3)cc2)cc1)OCC. The van der Waals surface area contributed by atoms with E-state index in [1.165, 1.54) is 22.3 Å². The van der Waals surface area contributed by atoms with Gasteiger partial charge in [0.1, 0.15) is 12.4 Å². The molecule has 3 aromatic rings. The number of rotatable bonds is 11. The average Bonchev–Trinajstić information content (AvgIpc) is 2.85. The molecule has 0 spiro atoms. The molecule has 4 heteroatoms. The largest absolute Gasteiger partial charge is 0.490 e. The van der Waals surface area contributed by atoms with Crippen LogP contribution in [0.5, 0.6) is 5.75 Å². The summed E-state index contributed by atoms with van der Waals surface area (Å²) in [6, 6.07) is 26.7. The lowest BCUT2D eigenvalue weighted by Gasteiger charge is -2.15. The first-order valence-electron chi connectivity index (χ1n) is 11.4. The molecule has 0 saturated heterocycles. The number of esters is 1. The zero-order valence-corrected chi connectivity index (χ0v) is 19.6. The number of carbonyl (C=O) groups is 1. The van der Waals surface area contributed by atoms with Crippen LogP contribution in [0.2, 0.25) is 0 Å². The molecular weight excluding hydrogens is 412 g/mol. The Kier molecular flexibility index (Phi) is 9.28. The molecule has 0 aromatic heterocycles. The van der Waals surface area contributed by atoms with Gasteiger partial charge in [0, 0.05) is 13.0 Å². The minimum absolute atomic E-state index is 0.322. The quantitative estimate of drug-likeness (QED) is 0.323. The number of hydrogen-bond acceptors (Lipinski definition) is 4. The van der Waals surface area contributed by atoms with Crippen LogP contribution in [0.15, 0.2) is 84.9 Å². The van der Waals surface area contributed by atoms with E-state index in [2.05, 4.69) is 61.5 Å². The zero-order valence-electron chi connectivity index (χ0n) is 19.6. The Bertz CT molecular complexity index is 1020. The third-order valence-corrected chi connectivity index (χ3v) is 5.35. The Hall–Kier alpha value is -3.37. The molecule has 3 aromatic carbocycles. The maximum Gasteiger partial charge on any atom is 0.335 e. The lowest BCUT2D eigenvalue weighted by atomic mass is 10.0. The predicted molar refractivity (Wildman–Crippen MR) is 133 cm³/mol. The van der Waals surface area contributed by atoms with Crippen molar-refractivity contribution in [3.8, 4) is 16.9 Å². The monoisotopic (exact) mass is 444 g/mol. The minimum Gasteiger partial charge on any atom is -0.490 e. The second-order valence-electron chi connectivity index (χ2n) is 7.69. The molecular formula is C29H32O4. The fourth-order valence-corrected chi connectivity index (χ4v) is 3.52. The van der Waals surface area contributed by atoms with E-state index in [0.717, 1.165) is 11.3 Å². The van der Waals surface area contributed by atoms with Gasteiger partial charge in [-0.3, -0.25) is 0 Å². The van der Waals surface area contributed by atoms with Crippen LogP contribution in [0.3, 0.4) is 0 Å². The summed E-state index contributed by atoms with van der Waals surface area (Å²) < 4.78 is 16.5. The highest BCUT2D eigenvalue weighted by molar-refractivity contribution is 5.75. The number of benzene rings is 3. The Labute approximate surface area is 196 Å². The molecule has 3 rings (SSSR count). The Morgan fingerprint density at radius 1 is 0.848 bits per heavy atom. The standard InChI is InChI=1S/C29H32O4/c1-4-31-28(29(30)32-5-2)21-23-11-17-27(18-12-23)33-20-19-22(3)24-13-15-26(16-14-24)25-9-7-6-8-10-25/h6-19,28H,4-5,20-21H2,1-3H3/b22-19+. The summed E-state index contributed by atoms with van der Waals surface area (Å²) in [6.45, 7) is 7.05. The molecule has 1 unspecified atom stereocenters. The van der Waals surface area contributed by atoms with Crippen LogP contribution in [-0.4, -0.2) is 31.9 Å². The van der Waals surface area contributed by atoms with Gasteiger partial charge >= 0.3 is 5.97 Å². The lowest BCUT2D eigenvalue weighted by molar-refractivity contribution is -0.156. The van der Waals surface area contributed by atoms with Crippen LogP contribution in [0.1, 0.15) is 31.9 Å². The topological polar surface area (TPSA) is 44.8 Å². The van der Waals surface area contributed by atoms with Crippen LogP contribution >= 0.6 is 0 Å². The second kappa shape index (κ2) is 12.6. The van der Waals surface area contributed by atoms with Crippen LogP contribution in [0, 0.1) is 0 Å². The van der Waals surface area contributed by atoms with Gasteiger partial charge in [0.25, 0.3) is 0 Å². The molecule has 0 N–H and O–H groups in total. The summed E-state index contributed by atoms with van der Waals surface area (Å²) >= 11 is 0. The number of carbonyl (C=O) groups excluding carboxylic acids is 1.